The van der Waals surface area contributed by atoms with Gasteiger partial charge in [-0.3, -0.25) is 4.90 Å². The van der Waals surface area contributed by atoms with Crippen molar-refractivity contribution in [2.24, 2.45) is 11.7 Å². The van der Waals surface area contributed by atoms with Gasteiger partial charge >= 0.3 is 0 Å². The molecule has 0 aromatic heterocycles. The summed E-state index contributed by atoms with van der Waals surface area (Å²) in [7, 11) is 0. The normalized spacial score (nSPS) is 25.0. The molecule has 0 amide bonds. The van der Waals surface area contributed by atoms with Crippen molar-refractivity contribution in [2.75, 3.05) is 13.1 Å². The first-order valence-electron chi connectivity index (χ1n) is 7.79. The summed E-state index contributed by atoms with van der Waals surface area (Å²) >= 11 is 0. The third-order valence-corrected chi connectivity index (χ3v) is 4.69. The number of rotatable bonds is 4. The van der Waals surface area contributed by atoms with E-state index in [-0.39, 0.29) is 12.4 Å². The smallest absolute Gasteiger partial charge is 0.0233 e. The average molecular weight is 295 g/mol. The second kappa shape index (κ2) is 6.93. The standard InChI is InChI=1S/C17H26N2.ClH/c1-13(18)17-6-3-9-19(12-17)11-14-4-2-5-16(10-14)15-7-8-15;/h2,4-5,10,13,15,17H,3,6-9,11-12,18H2,1H3;1H. The van der Waals surface area contributed by atoms with Gasteiger partial charge in [-0.2, -0.15) is 0 Å². The fourth-order valence-corrected chi connectivity index (χ4v) is 3.28. The van der Waals surface area contributed by atoms with Gasteiger partial charge in [0.25, 0.3) is 0 Å². The Morgan fingerprint density at radius 1 is 1.30 bits per heavy atom. The largest absolute Gasteiger partial charge is 0.328 e. The summed E-state index contributed by atoms with van der Waals surface area (Å²) in [4.78, 5) is 2.59. The first kappa shape index (κ1) is 15.8. The summed E-state index contributed by atoms with van der Waals surface area (Å²) in [5, 5.41) is 0. The molecule has 1 heterocycles. The quantitative estimate of drug-likeness (QED) is 0.920. The molecule has 0 spiro atoms. The number of benzene rings is 1. The van der Waals surface area contributed by atoms with Crippen molar-refractivity contribution >= 4 is 12.4 Å². The van der Waals surface area contributed by atoms with Crippen molar-refractivity contribution < 1.29 is 0 Å². The Kier molecular flexibility index (Phi) is 5.48. The second-order valence-electron chi connectivity index (χ2n) is 6.52. The molecule has 1 aromatic carbocycles. The molecule has 20 heavy (non-hydrogen) atoms. The van der Waals surface area contributed by atoms with Gasteiger partial charge in [0.1, 0.15) is 0 Å². The molecule has 1 aliphatic carbocycles. The van der Waals surface area contributed by atoms with Crippen LogP contribution in [0, 0.1) is 5.92 Å². The van der Waals surface area contributed by atoms with E-state index in [1.165, 1.54) is 44.3 Å². The molecule has 2 atom stereocenters. The maximum absolute atomic E-state index is 6.07. The van der Waals surface area contributed by atoms with Crippen LogP contribution in [0.1, 0.15) is 49.7 Å². The van der Waals surface area contributed by atoms with E-state index in [9.17, 15) is 0 Å². The Labute approximate surface area is 129 Å². The molecule has 1 saturated heterocycles. The molecule has 1 saturated carbocycles. The SMILES string of the molecule is CC(N)C1CCCN(Cc2cccc(C3CC3)c2)C1.Cl. The van der Waals surface area contributed by atoms with Gasteiger partial charge in [0, 0.05) is 19.1 Å². The summed E-state index contributed by atoms with van der Waals surface area (Å²) < 4.78 is 0. The van der Waals surface area contributed by atoms with E-state index in [0.717, 1.165) is 12.5 Å². The summed E-state index contributed by atoms with van der Waals surface area (Å²) in [5.41, 5.74) is 9.10. The molecule has 0 radical (unpaired) electrons. The van der Waals surface area contributed by atoms with E-state index in [4.69, 9.17) is 5.73 Å². The van der Waals surface area contributed by atoms with Gasteiger partial charge in [0.2, 0.25) is 0 Å². The van der Waals surface area contributed by atoms with Crippen molar-refractivity contribution in [3.05, 3.63) is 35.4 Å². The number of likely N-dealkylation sites (tertiary alicyclic amines) is 1. The van der Waals surface area contributed by atoms with Gasteiger partial charge in [-0.15, -0.1) is 12.4 Å². The minimum atomic E-state index is 0. The molecule has 2 N–H and O–H groups in total. The van der Waals surface area contributed by atoms with Gasteiger partial charge in [0.15, 0.2) is 0 Å². The number of nitrogens with zero attached hydrogens (tertiary/aromatic N) is 1. The first-order valence-corrected chi connectivity index (χ1v) is 7.79. The topological polar surface area (TPSA) is 29.3 Å². The van der Waals surface area contributed by atoms with E-state index in [0.29, 0.717) is 12.0 Å². The molecule has 112 valence electrons. The lowest BCUT2D eigenvalue weighted by Gasteiger charge is -2.34. The number of piperidine rings is 1. The van der Waals surface area contributed by atoms with Gasteiger partial charge in [0.05, 0.1) is 0 Å². The molecule has 1 aliphatic heterocycles. The maximum atomic E-state index is 6.07. The molecule has 2 nitrogen and oxygen atoms in total. The Bertz CT molecular complexity index is 429. The Hall–Kier alpha value is -0.570. The summed E-state index contributed by atoms with van der Waals surface area (Å²) in [6.45, 7) is 5.66. The Morgan fingerprint density at radius 2 is 2.10 bits per heavy atom. The lowest BCUT2D eigenvalue weighted by atomic mass is 9.92. The van der Waals surface area contributed by atoms with Crippen molar-refractivity contribution in [3.8, 4) is 0 Å². The number of halogens is 1. The predicted octanol–water partition coefficient (Wildman–Crippen LogP) is 3.55. The third-order valence-electron chi connectivity index (χ3n) is 4.69. The first-order chi connectivity index (χ1) is 9.22. The zero-order valence-corrected chi connectivity index (χ0v) is 13.2. The van der Waals surface area contributed by atoms with Crippen LogP contribution >= 0.6 is 12.4 Å². The molecule has 2 unspecified atom stereocenters. The highest BCUT2D eigenvalue weighted by Crippen LogP contribution is 2.40. The summed E-state index contributed by atoms with van der Waals surface area (Å²) in [6, 6.07) is 9.56. The molecular formula is C17H27ClN2. The van der Waals surface area contributed by atoms with Crippen LogP contribution in [0.25, 0.3) is 0 Å². The van der Waals surface area contributed by atoms with E-state index >= 15 is 0 Å². The Balaban J connectivity index is 0.00000147. The second-order valence-corrected chi connectivity index (χ2v) is 6.52. The maximum Gasteiger partial charge on any atom is 0.0233 e. The zero-order valence-electron chi connectivity index (χ0n) is 12.4. The van der Waals surface area contributed by atoms with Crippen LogP contribution in [-0.4, -0.2) is 24.0 Å². The minimum Gasteiger partial charge on any atom is -0.328 e. The molecule has 2 aliphatic rings. The van der Waals surface area contributed by atoms with Gasteiger partial charge in [-0.25, -0.2) is 0 Å². The van der Waals surface area contributed by atoms with E-state index in [1.807, 2.05) is 0 Å². The highest BCUT2D eigenvalue weighted by Gasteiger charge is 2.25. The van der Waals surface area contributed by atoms with Crippen LogP contribution in [0.3, 0.4) is 0 Å². The van der Waals surface area contributed by atoms with Crippen LogP contribution in [0.4, 0.5) is 0 Å². The molecular weight excluding hydrogens is 268 g/mol. The minimum absolute atomic E-state index is 0. The fraction of sp³-hybridized carbons (Fsp3) is 0.647. The van der Waals surface area contributed by atoms with Crippen LogP contribution in [0.2, 0.25) is 0 Å². The monoisotopic (exact) mass is 294 g/mol. The van der Waals surface area contributed by atoms with Gasteiger partial charge < -0.3 is 5.73 Å². The highest BCUT2D eigenvalue weighted by molar-refractivity contribution is 5.85. The third kappa shape index (κ3) is 3.97. The van der Waals surface area contributed by atoms with Gasteiger partial charge in [-0.1, -0.05) is 24.3 Å². The number of nitrogens with two attached hydrogens (primary N) is 1. The molecule has 3 heteroatoms. The highest BCUT2D eigenvalue weighted by atomic mass is 35.5. The van der Waals surface area contributed by atoms with Crippen LogP contribution in [-0.2, 0) is 6.54 Å². The fourth-order valence-electron chi connectivity index (χ4n) is 3.28. The summed E-state index contributed by atoms with van der Waals surface area (Å²) in [6.07, 6.45) is 5.38. The number of hydrogen-bond donors (Lipinski definition) is 1. The Morgan fingerprint density at radius 3 is 2.80 bits per heavy atom. The van der Waals surface area contributed by atoms with Crippen LogP contribution in [0.5, 0.6) is 0 Å². The van der Waals surface area contributed by atoms with Crippen molar-refractivity contribution in [2.45, 2.75) is 51.1 Å². The average Bonchev–Trinajstić information content (AvgIpc) is 3.23. The molecule has 1 aromatic rings. The summed E-state index contributed by atoms with van der Waals surface area (Å²) in [5.74, 6) is 1.54. The lowest BCUT2D eigenvalue weighted by Crippen LogP contribution is -2.41. The molecule has 0 bridgehead atoms. The van der Waals surface area contributed by atoms with Crippen molar-refractivity contribution in [3.63, 3.8) is 0 Å². The van der Waals surface area contributed by atoms with Gasteiger partial charge in [-0.05, 0) is 62.1 Å². The molecule has 2 fully saturated rings. The van der Waals surface area contributed by atoms with E-state index < -0.39 is 0 Å². The van der Waals surface area contributed by atoms with E-state index in [2.05, 4.69) is 36.1 Å². The molecule has 3 rings (SSSR count). The van der Waals surface area contributed by atoms with Crippen LogP contribution in [0.15, 0.2) is 24.3 Å². The van der Waals surface area contributed by atoms with Crippen LogP contribution < -0.4 is 5.73 Å². The van der Waals surface area contributed by atoms with Crippen molar-refractivity contribution in [1.82, 2.24) is 4.90 Å². The number of hydrogen-bond acceptors (Lipinski definition) is 2. The lowest BCUT2D eigenvalue weighted by molar-refractivity contribution is 0.154. The predicted molar refractivity (Wildman–Crippen MR) is 87.3 cm³/mol. The van der Waals surface area contributed by atoms with Crippen molar-refractivity contribution in [1.29, 1.82) is 0 Å². The zero-order chi connectivity index (χ0) is 13.2. The van der Waals surface area contributed by atoms with E-state index in [1.54, 1.807) is 5.56 Å².